The number of hydrogen-bond donors (Lipinski definition) is 2. The summed E-state index contributed by atoms with van der Waals surface area (Å²) in [7, 11) is 1.63. The number of hydrogen-bond acceptors (Lipinski definition) is 7. The number of amides is 1. The summed E-state index contributed by atoms with van der Waals surface area (Å²) >= 11 is 8.83. The fourth-order valence-corrected chi connectivity index (χ4v) is 5.07. The molecule has 31 heavy (non-hydrogen) atoms. The number of methoxy groups -OCH3 is 1. The summed E-state index contributed by atoms with van der Waals surface area (Å²) < 4.78 is 5.24. The second-order valence-corrected chi connectivity index (χ2v) is 9.27. The number of benzene rings is 2. The van der Waals surface area contributed by atoms with Crippen LogP contribution in [0.15, 0.2) is 59.2 Å². The van der Waals surface area contributed by atoms with Crippen molar-refractivity contribution in [2.24, 2.45) is 0 Å². The lowest BCUT2D eigenvalue weighted by atomic mass is 10.1. The van der Waals surface area contributed by atoms with Crippen LogP contribution in [0.3, 0.4) is 0 Å². The van der Waals surface area contributed by atoms with Gasteiger partial charge < -0.3 is 15.2 Å². The Morgan fingerprint density at radius 3 is 2.74 bits per heavy atom. The van der Waals surface area contributed by atoms with Gasteiger partial charge in [0, 0.05) is 16.0 Å². The highest BCUT2D eigenvalue weighted by molar-refractivity contribution is 8.00. The zero-order valence-electron chi connectivity index (χ0n) is 16.6. The van der Waals surface area contributed by atoms with Gasteiger partial charge >= 0.3 is 0 Å². The number of halogens is 1. The number of phenolic OH excluding ortho intramolecular Hbond substituents is 1. The van der Waals surface area contributed by atoms with E-state index in [-0.39, 0.29) is 17.3 Å². The Hall–Kier alpha value is -2.81. The van der Waals surface area contributed by atoms with Crippen molar-refractivity contribution in [3.05, 3.63) is 59.2 Å². The highest BCUT2D eigenvalue weighted by atomic mass is 35.5. The molecule has 0 spiro atoms. The van der Waals surface area contributed by atoms with Crippen molar-refractivity contribution in [2.75, 3.05) is 12.4 Å². The molecule has 1 unspecified atom stereocenters. The summed E-state index contributed by atoms with van der Waals surface area (Å²) in [6, 6.07) is 12.3. The van der Waals surface area contributed by atoms with Crippen LogP contribution in [0.2, 0.25) is 5.02 Å². The first-order chi connectivity index (χ1) is 15.0. The van der Waals surface area contributed by atoms with E-state index in [9.17, 15) is 9.90 Å². The number of phenols is 1. The van der Waals surface area contributed by atoms with Gasteiger partial charge in [0.2, 0.25) is 5.91 Å². The Balaban J connectivity index is 1.61. The Labute approximate surface area is 192 Å². The zero-order valence-corrected chi connectivity index (χ0v) is 19.0. The molecular formula is C22H18ClN3O3S2. The molecule has 2 N–H and O–H groups in total. The van der Waals surface area contributed by atoms with Gasteiger partial charge in [-0.15, -0.1) is 11.3 Å². The van der Waals surface area contributed by atoms with Crippen LogP contribution < -0.4 is 10.1 Å². The average molecular weight is 472 g/mol. The number of carbonyl (C=O) groups excluding carboxylic acids is 1. The largest absolute Gasteiger partial charge is 0.506 e. The predicted molar refractivity (Wildman–Crippen MR) is 126 cm³/mol. The van der Waals surface area contributed by atoms with E-state index in [1.54, 1.807) is 20.1 Å². The smallest absolute Gasteiger partial charge is 0.237 e. The van der Waals surface area contributed by atoms with Crippen LogP contribution in [-0.2, 0) is 4.79 Å². The van der Waals surface area contributed by atoms with Crippen LogP contribution >= 0.6 is 34.7 Å². The molecule has 4 aromatic rings. The minimum atomic E-state index is -0.472. The Morgan fingerprint density at radius 2 is 2.00 bits per heavy atom. The van der Waals surface area contributed by atoms with Crippen molar-refractivity contribution in [1.29, 1.82) is 0 Å². The maximum atomic E-state index is 12.7. The van der Waals surface area contributed by atoms with Crippen LogP contribution in [0.5, 0.6) is 11.5 Å². The monoisotopic (exact) mass is 471 g/mol. The van der Waals surface area contributed by atoms with E-state index >= 15 is 0 Å². The van der Waals surface area contributed by atoms with Gasteiger partial charge in [-0.3, -0.25) is 4.79 Å². The highest BCUT2D eigenvalue weighted by Crippen LogP contribution is 2.39. The quantitative estimate of drug-likeness (QED) is 0.208. The van der Waals surface area contributed by atoms with Gasteiger partial charge in [-0.05, 0) is 42.8 Å². The number of anilines is 1. The molecule has 2 heterocycles. The van der Waals surface area contributed by atoms with Gasteiger partial charge in [0.05, 0.1) is 23.4 Å². The predicted octanol–water partition coefficient (Wildman–Crippen LogP) is 5.85. The lowest BCUT2D eigenvalue weighted by molar-refractivity contribution is -0.115. The van der Waals surface area contributed by atoms with E-state index in [0.717, 1.165) is 32.1 Å². The van der Waals surface area contributed by atoms with Gasteiger partial charge in [0.1, 0.15) is 27.7 Å². The minimum Gasteiger partial charge on any atom is -0.506 e. The molecule has 0 aliphatic rings. The van der Waals surface area contributed by atoms with E-state index in [2.05, 4.69) is 15.3 Å². The third kappa shape index (κ3) is 4.61. The molecule has 2 aromatic heterocycles. The molecule has 158 valence electrons. The first-order valence-corrected chi connectivity index (χ1v) is 11.4. The van der Waals surface area contributed by atoms with Gasteiger partial charge in [-0.2, -0.15) is 0 Å². The zero-order chi connectivity index (χ0) is 22.0. The molecule has 0 bridgehead atoms. The summed E-state index contributed by atoms with van der Waals surface area (Å²) in [5.74, 6) is 0.471. The molecule has 0 saturated carbocycles. The van der Waals surface area contributed by atoms with Crippen molar-refractivity contribution in [2.45, 2.75) is 17.2 Å². The number of fused-ring (bicyclic) bond motifs is 1. The topological polar surface area (TPSA) is 84.3 Å². The fourth-order valence-electron chi connectivity index (χ4n) is 2.98. The number of aromatic nitrogens is 2. The molecule has 1 atom stereocenters. The molecule has 2 aromatic carbocycles. The number of carbonyl (C=O) groups is 1. The van der Waals surface area contributed by atoms with Gasteiger partial charge in [-0.1, -0.05) is 35.5 Å². The number of thioether (sulfide) groups is 1. The number of aromatic hydroxyl groups is 1. The van der Waals surface area contributed by atoms with Crippen molar-refractivity contribution < 1.29 is 14.6 Å². The molecular weight excluding hydrogens is 454 g/mol. The van der Waals surface area contributed by atoms with Crippen LogP contribution in [0.25, 0.3) is 21.3 Å². The molecule has 0 radical (unpaired) electrons. The standard InChI is InChI=1S/C22H18ClN3O3S2/c1-12(20(28)26-17-9-14(23)5-8-18(17)27)31-22-19-16(10-30-21(19)24-11-25-22)13-3-6-15(29-2)7-4-13/h3-12,27H,1-2H3,(H,26,28). The Bertz CT molecular complexity index is 1240. The molecule has 0 fully saturated rings. The van der Waals surface area contributed by atoms with Crippen LogP contribution in [0, 0.1) is 0 Å². The highest BCUT2D eigenvalue weighted by Gasteiger charge is 2.21. The maximum absolute atomic E-state index is 12.7. The number of rotatable bonds is 6. The van der Waals surface area contributed by atoms with Crippen LogP contribution in [-0.4, -0.2) is 33.3 Å². The number of nitrogens with zero attached hydrogens (tertiary/aromatic N) is 2. The molecule has 4 rings (SSSR count). The average Bonchev–Trinajstić information content (AvgIpc) is 3.21. The molecule has 9 heteroatoms. The SMILES string of the molecule is COc1ccc(-c2csc3ncnc(SC(C)C(=O)Nc4cc(Cl)ccc4O)c23)cc1. The number of thiophene rings is 1. The number of nitrogens with one attached hydrogen (secondary N) is 1. The van der Waals surface area contributed by atoms with Crippen LogP contribution in [0.4, 0.5) is 5.69 Å². The normalized spacial score (nSPS) is 12.0. The molecule has 0 aliphatic carbocycles. The Morgan fingerprint density at radius 1 is 1.23 bits per heavy atom. The van der Waals surface area contributed by atoms with Gasteiger partial charge in [0.25, 0.3) is 0 Å². The van der Waals surface area contributed by atoms with E-state index in [1.165, 1.54) is 41.6 Å². The lowest BCUT2D eigenvalue weighted by Gasteiger charge is -2.13. The summed E-state index contributed by atoms with van der Waals surface area (Å²) in [5, 5.41) is 16.3. The van der Waals surface area contributed by atoms with Crippen molar-refractivity contribution >= 4 is 56.5 Å². The second-order valence-electron chi connectivity index (χ2n) is 6.65. The summed E-state index contributed by atoms with van der Waals surface area (Å²) in [6.45, 7) is 1.79. The third-order valence-corrected chi connectivity index (χ3v) is 6.83. The summed E-state index contributed by atoms with van der Waals surface area (Å²) in [5.41, 5.74) is 2.29. The van der Waals surface area contributed by atoms with E-state index in [0.29, 0.717) is 5.02 Å². The maximum Gasteiger partial charge on any atom is 0.237 e. The van der Waals surface area contributed by atoms with E-state index in [4.69, 9.17) is 16.3 Å². The lowest BCUT2D eigenvalue weighted by Crippen LogP contribution is -2.22. The molecule has 0 aliphatic heterocycles. The van der Waals surface area contributed by atoms with E-state index in [1.807, 2.05) is 29.6 Å². The first-order valence-electron chi connectivity index (χ1n) is 9.29. The molecule has 1 amide bonds. The molecule has 6 nitrogen and oxygen atoms in total. The van der Waals surface area contributed by atoms with E-state index < -0.39 is 5.25 Å². The summed E-state index contributed by atoms with van der Waals surface area (Å²) in [4.78, 5) is 22.4. The van der Waals surface area contributed by atoms with Gasteiger partial charge in [-0.25, -0.2) is 9.97 Å². The summed E-state index contributed by atoms with van der Waals surface area (Å²) in [6.07, 6.45) is 1.51. The van der Waals surface area contributed by atoms with Crippen molar-refractivity contribution in [1.82, 2.24) is 9.97 Å². The minimum absolute atomic E-state index is 0.0426. The molecule has 0 saturated heterocycles. The van der Waals surface area contributed by atoms with Crippen molar-refractivity contribution in [3.63, 3.8) is 0 Å². The van der Waals surface area contributed by atoms with Crippen molar-refractivity contribution in [3.8, 4) is 22.6 Å². The number of ether oxygens (including phenoxy) is 1. The first kappa shape index (κ1) is 21.4. The fraction of sp³-hybridized carbons (Fsp3) is 0.136. The third-order valence-electron chi connectivity index (χ3n) is 4.61. The second kappa shape index (κ2) is 9.13. The van der Waals surface area contributed by atoms with Crippen LogP contribution in [0.1, 0.15) is 6.92 Å². The Kier molecular flexibility index (Phi) is 6.31. The van der Waals surface area contributed by atoms with Gasteiger partial charge in [0.15, 0.2) is 0 Å².